The van der Waals surface area contributed by atoms with Crippen LogP contribution in [0.5, 0.6) is 0 Å². The second-order valence-corrected chi connectivity index (χ2v) is 2.58. The Morgan fingerprint density at radius 2 is 2.36 bits per heavy atom. The molecule has 1 rings (SSSR count). The molecule has 0 saturated carbocycles. The van der Waals surface area contributed by atoms with Gasteiger partial charge in [-0.3, -0.25) is 0 Å². The van der Waals surface area contributed by atoms with Crippen LogP contribution in [-0.4, -0.2) is 13.1 Å². The van der Waals surface area contributed by atoms with Gasteiger partial charge in [-0.05, 0) is 18.5 Å². The summed E-state index contributed by atoms with van der Waals surface area (Å²) in [5, 5.41) is 3.30. The number of hydrogen-bond acceptors (Lipinski definition) is 1. The van der Waals surface area contributed by atoms with Crippen molar-refractivity contribution in [2.45, 2.75) is 13.3 Å². The lowest BCUT2D eigenvalue weighted by Crippen LogP contribution is -2.15. The third kappa shape index (κ3) is 3.19. The van der Waals surface area contributed by atoms with E-state index >= 15 is 0 Å². The van der Waals surface area contributed by atoms with Crippen LogP contribution in [-0.2, 0) is 0 Å². The lowest BCUT2D eigenvalue weighted by atomic mass is 10.2. The molecule has 1 heteroatoms. The van der Waals surface area contributed by atoms with Crippen LogP contribution in [0.1, 0.15) is 13.3 Å². The number of allylic oxidation sites excluding steroid dienone is 4. The Morgan fingerprint density at radius 1 is 1.45 bits per heavy atom. The summed E-state index contributed by atoms with van der Waals surface area (Å²) in [7, 11) is 0. The molecule has 0 bridgehead atoms. The van der Waals surface area contributed by atoms with Crippen LogP contribution < -0.4 is 5.32 Å². The number of likely N-dealkylation sites (N-methyl/N-ethyl adjacent to an activating group) is 1. The van der Waals surface area contributed by atoms with Crippen LogP contribution in [0.2, 0.25) is 0 Å². The number of nitrogens with one attached hydrogen (secondary N) is 1. The second kappa shape index (κ2) is 4.91. The Hall–Kier alpha value is -0.820. The summed E-state index contributed by atoms with van der Waals surface area (Å²) in [6.07, 6.45) is 11.8. The van der Waals surface area contributed by atoms with Crippen molar-refractivity contribution >= 4 is 0 Å². The van der Waals surface area contributed by atoms with Gasteiger partial charge in [0, 0.05) is 6.54 Å². The average Bonchev–Trinajstić information content (AvgIpc) is 2.28. The summed E-state index contributed by atoms with van der Waals surface area (Å²) in [5.74, 6) is 0. The first-order valence-electron chi connectivity index (χ1n) is 4.16. The molecule has 0 atom stereocenters. The van der Waals surface area contributed by atoms with Gasteiger partial charge >= 0.3 is 0 Å². The maximum Gasteiger partial charge on any atom is 0.0202 e. The lowest BCUT2D eigenvalue weighted by Gasteiger charge is -2.00. The third-order valence-corrected chi connectivity index (χ3v) is 1.65. The summed E-state index contributed by atoms with van der Waals surface area (Å²) in [5.41, 5.74) is 1.39. The molecule has 1 N–H and O–H groups in total. The molecule has 0 aromatic carbocycles. The normalized spacial score (nSPS) is 16.3. The van der Waals surface area contributed by atoms with E-state index in [1.807, 2.05) is 0 Å². The van der Waals surface area contributed by atoms with Crippen molar-refractivity contribution in [2.24, 2.45) is 0 Å². The first-order chi connectivity index (χ1) is 5.43. The zero-order valence-corrected chi connectivity index (χ0v) is 7.01. The molecule has 0 aromatic heterocycles. The van der Waals surface area contributed by atoms with E-state index in [-0.39, 0.29) is 0 Å². The molecular formula is C10H15N. The fourth-order valence-electron chi connectivity index (χ4n) is 1.02. The monoisotopic (exact) mass is 149 g/mol. The van der Waals surface area contributed by atoms with E-state index in [9.17, 15) is 0 Å². The number of hydrogen-bond donors (Lipinski definition) is 1. The van der Waals surface area contributed by atoms with E-state index in [4.69, 9.17) is 0 Å². The van der Waals surface area contributed by atoms with Gasteiger partial charge in [0.1, 0.15) is 0 Å². The molecule has 1 aliphatic carbocycles. The Kier molecular flexibility index (Phi) is 3.70. The highest BCUT2D eigenvalue weighted by Gasteiger charge is 1.91. The predicted molar refractivity (Wildman–Crippen MR) is 49.5 cm³/mol. The molecule has 0 spiro atoms. The molecule has 0 amide bonds. The maximum atomic E-state index is 3.30. The third-order valence-electron chi connectivity index (χ3n) is 1.65. The molecule has 0 heterocycles. The Balaban J connectivity index is 2.38. The van der Waals surface area contributed by atoms with Gasteiger partial charge in [0.25, 0.3) is 0 Å². The standard InChI is InChI=1S/C10H15N/c1-2-11-9-10-7-5-3-4-6-8-10/h3-5,7-8,11H,2,6,9H2,1H3. The van der Waals surface area contributed by atoms with Crippen molar-refractivity contribution in [3.63, 3.8) is 0 Å². The summed E-state index contributed by atoms with van der Waals surface area (Å²) >= 11 is 0. The number of rotatable bonds is 3. The Labute approximate surface area is 68.5 Å². The minimum atomic E-state index is 0.995. The quantitative estimate of drug-likeness (QED) is 0.647. The van der Waals surface area contributed by atoms with Crippen LogP contribution in [0.3, 0.4) is 0 Å². The van der Waals surface area contributed by atoms with Crippen LogP contribution in [0, 0.1) is 0 Å². The zero-order chi connectivity index (χ0) is 7.94. The Morgan fingerprint density at radius 3 is 3.18 bits per heavy atom. The molecule has 0 saturated heterocycles. The fraction of sp³-hybridized carbons (Fsp3) is 0.400. The van der Waals surface area contributed by atoms with Gasteiger partial charge in [0.2, 0.25) is 0 Å². The molecule has 11 heavy (non-hydrogen) atoms. The molecule has 0 aliphatic heterocycles. The van der Waals surface area contributed by atoms with E-state index in [1.165, 1.54) is 5.57 Å². The predicted octanol–water partition coefficient (Wildman–Crippen LogP) is 2.04. The highest BCUT2D eigenvalue weighted by molar-refractivity contribution is 5.27. The van der Waals surface area contributed by atoms with Gasteiger partial charge in [0.15, 0.2) is 0 Å². The molecule has 0 fully saturated rings. The van der Waals surface area contributed by atoms with Crippen LogP contribution in [0.15, 0.2) is 36.0 Å². The van der Waals surface area contributed by atoms with Gasteiger partial charge in [-0.1, -0.05) is 37.3 Å². The van der Waals surface area contributed by atoms with Gasteiger partial charge in [-0.15, -0.1) is 0 Å². The van der Waals surface area contributed by atoms with Gasteiger partial charge < -0.3 is 5.32 Å². The van der Waals surface area contributed by atoms with Crippen molar-refractivity contribution in [3.05, 3.63) is 36.0 Å². The molecule has 0 unspecified atom stereocenters. The largest absolute Gasteiger partial charge is 0.313 e. The van der Waals surface area contributed by atoms with Crippen molar-refractivity contribution in [3.8, 4) is 0 Å². The van der Waals surface area contributed by atoms with Gasteiger partial charge in [0.05, 0.1) is 0 Å². The minimum Gasteiger partial charge on any atom is -0.313 e. The molecule has 0 aromatic rings. The summed E-state index contributed by atoms with van der Waals surface area (Å²) in [6.45, 7) is 4.16. The van der Waals surface area contributed by atoms with Crippen molar-refractivity contribution in [1.29, 1.82) is 0 Å². The van der Waals surface area contributed by atoms with Crippen LogP contribution >= 0.6 is 0 Å². The molecule has 0 radical (unpaired) electrons. The van der Waals surface area contributed by atoms with Crippen LogP contribution in [0.25, 0.3) is 0 Å². The van der Waals surface area contributed by atoms with E-state index in [2.05, 4.69) is 42.6 Å². The van der Waals surface area contributed by atoms with E-state index in [0.29, 0.717) is 0 Å². The van der Waals surface area contributed by atoms with Crippen molar-refractivity contribution in [1.82, 2.24) is 5.32 Å². The smallest absolute Gasteiger partial charge is 0.0202 e. The second-order valence-electron chi connectivity index (χ2n) is 2.58. The van der Waals surface area contributed by atoms with Crippen LogP contribution in [0.4, 0.5) is 0 Å². The molecule has 1 aliphatic rings. The fourth-order valence-corrected chi connectivity index (χ4v) is 1.02. The SMILES string of the molecule is CCNCC1=CCC=CC=C1. The molecule has 1 nitrogen and oxygen atoms in total. The highest BCUT2D eigenvalue weighted by atomic mass is 14.8. The van der Waals surface area contributed by atoms with Gasteiger partial charge in [-0.2, -0.15) is 0 Å². The van der Waals surface area contributed by atoms with E-state index < -0.39 is 0 Å². The van der Waals surface area contributed by atoms with Crippen molar-refractivity contribution in [2.75, 3.05) is 13.1 Å². The average molecular weight is 149 g/mol. The van der Waals surface area contributed by atoms with E-state index in [1.54, 1.807) is 0 Å². The molecular weight excluding hydrogens is 134 g/mol. The minimum absolute atomic E-state index is 0.995. The van der Waals surface area contributed by atoms with Gasteiger partial charge in [-0.25, -0.2) is 0 Å². The summed E-state index contributed by atoms with van der Waals surface area (Å²) < 4.78 is 0. The first kappa shape index (κ1) is 8.28. The highest BCUT2D eigenvalue weighted by Crippen LogP contribution is 2.03. The lowest BCUT2D eigenvalue weighted by molar-refractivity contribution is 0.783. The zero-order valence-electron chi connectivity index (χ0n) is 7.01. The van der Waals surface area contributed by atoms with E-state index in [0.717, 1.165) is 19.5 Å². The van der Waals surface area contributed by atoms with Crippen molar-refractivity contribution < 1.29 is 0 Å². The topological polar surface area (TPSA) is 12.0 Å². The maximum absolute atomic E-state index is 3.30. The first-order valence-corrected chi connectivity index (χ1v) is 4.16. The molecule has 60 valence electrons. The summed E-state index contributed by atoms with van der Waals surface area (Å²) in [4.78, 5) is 0. The summed E-state index contributed by atoms with van der Waals surface area (Å²) in [6, 6.07) is 0. The Bertz CT molecular complexity index is 187.